The zero-order chi connectivity index (χ0) is 7.98. The van der Waals surface area contributed by atoms with Crippen LogP contribution in [0.3, 0.4) is 0 Å². The van der Waals surface area contributed by atoms with Crippen LogP contribution in [0.25, 0.3) is 0 Å². The Hall–Kier alpha value is -0.120. The summed E-state index contributed by atoms with van der Waals surface area (Å²) in [6.07, 6.45) is 1.02. The van der Waals surface area contributed by atoms with Gasteiger partial charge in [0.2, 0.25) is 0 Å². The molecule has 0 heterocycles. The minimum absolute atomic E-state index is 0.466. The number of nitrogens with one attached hydrogen (secondary N) is 1. The quantitative estimate of drug-likeness (QED) is 0.658. The first-order valence-corrected chi connectivity index (χ1v) is 3.80. The summed E-state index contributed by atoms with van der Waals surface area (Å²) in [4.78, 5) is 0. The normalized spacial score (nSPS) is 12.6. The number of aliphatic hydroxyl groups is 1. The molecule has 3 heteroatoms. The van der Waals surface area contributed by atoms with Crippen LogP contribution < -0.4 is 5.32 Å². The highest BCUT2D eigenvalue weighted by molar-refractivity contribution is 9.11. The van der Waals surface area contributed by atoms with Crippen molar-refractivity contribution in [1.29, 1.82) is 0 Å². The van der Waals surface area contributed by atoms with E-state index in [1.807, 2.05) is 0 Å². The molecule has 58 valence electrons. The molecule has 0 aromatic heterocycles. The lowest BCUT2D eigenvalue weighted by Crippen LogP contribution is -2.25. The van der Waals surface area contributed by atoms with Crippen LogP contribution in [0.5, 0.6) is 0 Å². The van der Waals surface area contributed by atoms with Gasteiger partial charge in [0.15, 0.2) is 0 Å². The maximum absolute atomic E-state index is 8.95. The maximum Gasteiger partial charge on any atom is 0.0842 e. The molecule has 10 heavy (non-hydrogen) atoms. The SMILES string of the molecule is C=C[C@@H](O)CNCC(=C)Br. The molecule has 0 spiro atoms. The van der Waals surface area contributed by atoms with Gasteiger partial charge in [-0.3, -0.25) is 0 Å². The van der Waals surface area contributed by atoms with Crippen molar-refractivity contribution in [3.8, 4) is 0 Å². The number of rotatable bonds is 5. The van der Waals surface area contributed by atoms with Gasteiger partial charge in [-0.25, -0.2) is 0 Å². The van der Waals surface area contributed by atoms with Crippen LogP contribution in [0, 0.1) is 0 Å². The van der Waals surface area contributed by atoms with E-state index < -0.39 is 6.10 Å². The predicted molar refractivity (Wildman–Crippen MR) is 47.1 cm³/mol. The van der Waals surface area contributed by atoms with Crippen molar-refractivity contribution < 1.29 is 5.11 Å². The Morgan fingerprint density at radius 3 is 2.80 bits per heavy atom. The summed E-state index contributed by atoms with van der Waals surface area (Å²) < 4.78 is 0.878. The largest absolute Gasteiger partial charge is 0.388 e. The topological polar surface area (TPSA) is 32.3 Å². The number of hydrogen-bond donors (Lipinski definition) is 2. The van der Waals surface area contributed by atoms with Crippen LogP contribution in [0.2, 0.25) is 0 Å². The third kappa shape index (κ3) is 6.01. The Bertz CT molecular complexity index is 125. The van der Waals surface area contributed by atoms with E-state index in [-0.39, 0.29) is 0 Å². The van der Waals surface area contributed by atoms with Gasteiger partial charge in [-0.2, -0.15) is 0 Å². The molecule has 0 aromatic rings. The van der Waals surface area contributed by atoms with Crippen molar-refractivity contribution >= 4 is 15.9 Å². The summed E-state index contributed by atoms with van der Waals surface area (Å²) in [6.45, 7) is 8.25. The van der Waals surface area contributed by atoms with E-state index in [4.69, 9.17) is 5.11 Å². The second-order valence-corrected chi connectivity index (χ2v) is 3.07. The van der Waals surface area contributed by atoms with Crippen molar-refractivity contribution in [2.75, 3.05) is 13.1 Å². The second kappa shape index (κ2) is 5.65. The van der Waals surface area contributed by atoms with Crippen LogP contribution in [0.4, 0.5) is 0 Å². The van der Waals surface area contributed by atoms with Gasteiger partial charge in [-0.15, -0.1) is 6.58 Å². The van der Waals surface area contributed by atoms with Crippen molar-refractivity contribution in [3.05, 3.63) is 23.7 Å². The lowest BCUT2D eigenvalue weighted by atomic mass is 10.3. The average Bonchev–Trinajstić information content (AvgIpc) is 1.87. The van der Waals surface area contributed by atoms with Crippen molar-refractivity contribution in [2.24, 2.45) is 0 Å². The van der Waals surface area contributed by atoms with Gasteiger partial charge in [0.05, 0.1) is 6.10 Å². The predicted octanol–water partition coefficient (Wildman–Crippen LogP) is 1.03. The van der Waals surface area contributed by atoms with E-state index in [1.54, 1.807) is 0 Å². The van der Waals surface area contributed by atoms with Gasteiger partial charge in [0.25, 0.3) is 0 Å². The third-order valence-electron chi connectivity index (χ3n) is 0.942. The fourth-order valence-electron chi connectivity index (χ4n) is 0.439. The first-order chi connectivity index (χ1) is 4.66. The molecule has 0 aliphatic carbocycles. The summed E-state index contributed by atoms with van der Waals surface area (Å²) in [6, 6.07) is 0. The Kier molecular flexibility index (Phi) is 5.58. The second-order valence-electron chi connectivity index (χ2n) is 1.95. The minimum Gasteiger partial charge on any atom is -0.388 e. The minimum atomic E-state index is -0.466. The van der Waals surface area contributed by atoms with Crippen molar-refractivity contribution in [2.45, 2.75) is 6.10 Å². The van der Waals surface area contributed by atoms with Crippen LogP contribution in [0.1, 0.15) is 0 Å². The van der Waals surface area contributed by atoms with Crippen LogP contribution in [0.15, 0.2) is 23.7 Å². The molecule has 0 saturated carbocycles. The zero-order valence-corrected chi connectivity index (χ0v) is 7.39. The van der Waals surface area contributed by atoms with E-state index in [0.717, 1.165) is 4.48 Å². The molecule has 0 amide bonds. The van der Waals surface area contributed by atoms with Gasteiger partial charge in [-0.05, 0) is 0 Å². The van der Waals surface area contributed by atoms with E-state index in [1.165, 1.54) is 6.08 Å². The van der Waals surface area contributed by atoms with E-state index in [0.29, 0.717) is 13.1 Å². The van der Waals surface area contributed by atoms with Crippen molar-refractivity contribution in [1.82, 2.24) is 5.32 Å². The molecule has 2 nitrogen and oxygen atoms in total. The molecule has 0 unspecified atom stereocenters. The lowest BCUT2D eigenvalue weighted by Gasteiger charge is -2.05. The molecule has 1 atom stereocenters. The van der Waals surface area contributed by atoms with Gasteiger partial charge in [-0.1, -0.05) is 28.6 Å². The Morgan fingerprint density at radius 2 is 2.40 bits per heavy atom. The Balaban J connectivity index is 3.19. The van der Waals surface area contributed by atoms with E-state index >= 15 is 0 Å². The Morgan fingerprint density at radius 1 is 1.80 bits per heavy atom. The van der Waals surface area contributed by atoms with Gasteiger partial charge in [0, 0.05) is 17.6 Å². The smallest absolute Gasteiger partial charge is 0.0842 e. The summed E-state index contributed by atoms with van der Waals surface area (Å²) in [5.74, 6) is 0. The first kappa shape index (κ1) is 9.88. The summed E-state index contributed by atoms with van der Waals surface area (Å²) in [5, 5.41) is 11.9. The van der Waals surface area contributed by atoms with Crippen LogP contribution in [-0.2, 0) is 0 Å². The Labute approximate surface area is 69.8 Å². The fraction of sp³-hybridized carbons (Fsp3) is 0.429. The third-order valence-corrected chi connectivity index (χ3v) is 1.22. The summed E-state index contributed by atoms with van der Waals surface area (Å²) in [5.41, 5.74) is 0. The fourth-order valence-corrected chi connectivity index (χ4v) is 0.637. The lowest BCUT2D eigenvalue weighted by molar-refractivity contribution is 0.221. The first-order valence-electron chi connectivity index (χ1n) is 3.01. The number of hydrogen-bond acceptors (Lipinski definition) is 2. The molecular formula is C7H12BrNO. The van der Waals surface area contributed by atoms with Crippen LogP contribution in [-0.4, -0.2) is 24.3 Å². The monoisotopic (exact) mass is 205 g/mol. The molecule has 0 fully saturated rings. The molecule has 0 radical (unpaired) electrons. The molecule has 0 aromatic carbocycles. The highest BCUT2D eigenvalue weighted by Gasteiger charge is 1.95. The maximum atomic E-state index is 8.95. The highest BCUT2D eigenvalue weighted by atomic mass is 79.9. The highest BCUT2D eigenvalue weighted by Crippen LogP contribution is 1.96. The zero-order valence-electron chi connectivity index (χ0n) is 5.81. The summed E-state index contributed by atoms with van der Waals surface area (Å²) >= 11 is 3.18. The van der Waals surface area contributed by atoms with Gasteiger partial charge in [0.1, 0.15) is 0 Å². The van der Waals surface area contributed by atoms with E-state index in [2.05, 4.69) is 34.4 Å². The van der Waals surface area contributed by atoms with E-state index in [9.17, 15) is 0 Å². The van der Waals surface area contributed by atoms with Crippen LogP contribution >= 0.6 is 15.9 Å². The van der Waals surface area contributed by atoms with Gasteiger partial charge < -0.3 is 10.4 Å². The molecule has 0 aliphatic rings. The molecule has 0 saturated heterocycles. The van der Waals surface area contributed by atoms with Gasteiger partial charge >= 0.3 is 0 Å². The molecular weight excluding hydrogens is 194 g/mol. The molecule has 2 N–H and O–H groups in total. The molecule has 0 rings (SSSR count). The number of aliphatic hydroxyl groups excluding tert-OH is 1. The summed E-state index contributed by atoms with van der Waals surface area (Å²) in [7, 11) is 0. The standard InChI is InChI=1S/C7H12BrNO/c1-3-7(10)5-9-4-6(2)8/h3,7,9-10H,1-2,4-5H2/t7-/m1/s1. The average molecular weight is 206 g/mol. The number of halogens is 1. The molecule has 0 bridgehead atoms. The van der Waals surface area contributed by atoms with Crippen molar-refractivity contribution in [3.63, 3.8) is 0 Å². The molecule has 0 aliphatic heterocycles.